The second kappa shape index (κ2) is 5.91. The van der Waals surface area contributed by atoms with Gasteiger partial charge in [0.15, 0.2) is 0 Å². The van der Waals surface area contributed by atoms with Crippen LogP contribution in [-0.4, -0.2) is 4.92 Å². The summed E-state index contributed by atoms with van der Waals surface area (Å²) in [6.45, 7) is 3.83. The molecule has 0 heterocycles. The van der Waals surface area contributed by atoms with E-state index in [0.29, 0.717) is 16.5 Å². The predicted molar refractivity (Wildman–Crippen MR) is 68.5 cm³/mol. The van der Waals surface area contributed by atoms with Crippen molar-refractivity contribution >= 4 is 22.0 Å². The summed E-state index contributed by atoms with van der Waals surface area (Å²) in [6.07, 6.45) is 1.87. The van der Waals surface area contributed by atoms with E-state index in [1.165, 1.54) is 24.3 Å². The molecule has 0 aliphatic carbocycles. The highest BCUT2D eigenvalue weighted by molar-refractivity contribution is 9.10. The molecule has 0 spiro atoms. The van der Waals surface area contributed by atoms with E-state index in [-0.39, 0.29) is 17.4 Å². The van der Waals surface area contributed by atoms with Crippen LogP contribution in [0.3, 0.4) is 0 Å². The molecule has 3 nitrogen and oxygen atoms in total. The Balaban J connectivity index is 3.04. The van der Waals surface area contributed by atoms with Crippen molar-refractivity contribution in [3.63, 3.8) is 0 Å². The molecule has 0 saturated heterocycles. The van der Waals surface area contributed by atoms with Gasteiger partial charge >= 0.3 is 0 Å². The zero-order chi connectivity index (χ0) is 13.0. The van der Waals surface area contributed by atoms with Gasteiger partial charge in [0, 0.05) is 12.5 Å². The zero-order valence-electron chi connectivity index (χ0n) is 9.61. The van der Waals surface area contributed by atoms with Gasteiger partial charge in [-0.05, 0) is 39.5 Å². The molecule has 0 aromatic heterocycles. The molecular formula is C12H13BrFNO2. The maximum absolute atomic E-state index is 13.0. The molecule has 0 atom stereocenters. The molecule has 0 bridgehead atoms. The summed E-state index contributed by atoms with van der Waals surface area (Å²) in [5, 5.41) is 10.8. The lowest BCUT2D eigenvalue weighted by Gasteiger charge is -2.03. The Labute approximate surface area is 108 Å². The van der Waals surface area contributed by atoms with E-state index in [0.717, 1.165) is 0 Å². The fourth-order valence-electron chi connectivity index (χ4n) is 1.40. The van der Waals surface area contributed by atoms with Gasteiger partial charge in [0.25, 0.3) is 0 Å². The van der Waals surface area contributed by atoms with Crippen molar-refractivity contribution in [2.24, 2.45) is 5.92 Å². The van der Waals surface area contributed by atoms with E-state index in [1.54, 1.807) is 0 Å². The van der Waals surface area contributed by atoms with Crippen LogP contribution in [0.15, 0.2) is 28.4 Å². The molecule has 0 aliphatic heterocycles. The minimum atomic E-state index is -0.392. The van der Waals surface area contributed by atoms with Crippen molar-refractivity contribution in [3.8, 4) is 0 Å². The highest BCUT2D eigenvalue weighted by Crippen LogP contribution is 2.20. The fraction of sp³-hybridized carbons (Fsp3) is 0.333. The molecule has 0 aliphatic rings. The summed E-state index contributed by atoms with van der Waals surface area (Å²) in [7, 11) is 0. The molecule has 0 fully saturated rings. The third-order valence-electron chi connectivity index (χ3n) is 2.13. The molecule has 0 amide bonds. The van der Waals surface area contributed by atoms with Crippen LogP contribution in [0.25, 0.3) is 6.08 Å². The summed E-state index contributed by atoms with van der Waals surface area (Å²) < 4.78 is 13.3. The number of allylic oxidation sites excluding steroid dienone is 1. The highest BCUT2D eigenvalue weighted by atomic mass is 79.9. The summed E-state index contributed by atoms with van der Waals surface area (Å²) in [6, 6.07) is 4.33. The van der Waals surface area contributed by atoms with Crippen molar-refractivity contribution in [1.29, 1.82) is 0 Å². The van der Waals surface area contributed by atoms with E-state index < -0.39 is 4.92 Å². The van der Waals surface area contributed by atoms with Crippen molar-refractivity contribution in [1.82, 2.24) is 0 Å². The summed E-state index contributed by atoms with van der Waals surface area (Å²) in [5.74, 6) is -0.177. The molecule has 0 unspecified atom stereocenters. The Hall–Kier alpha value is -1.23. The molecule has 1 aromatic carbocycles. The average molecular weight is 302 g/mol. The van der Waals surface area contributed by atoms with E-state index in [4.69, 9.17) is 0 Å². The van der Waals surface area contributed by atoms with Crippen molar-refractivity contribution in [2.75, 3.05) is 0 Å². The van der Waals surface area contributed by atoms with Crippen molar-refractivity contribution in [3.05, 3.63) is 49.9 Å². The molecular weight excluding hydrogens is 289 g/mol. The summed E-state index contributed by atoms with van der Waals surface area (Å²) in [4.78, 5) is 10.5. The quantitative estimate of drug-likeness (QED) is 0.616. The molecule has 92 valence electrons. The number of hydrogen-bond acceptors (Lipinski definition) is 2. The molecule has 17 heavy (non-hydrogen) atoms. The lowest BCUT2D eigenvalue weighted by Crippen LogP contribution is -2.02. The van der Waals surface area contributed by atoms with Gasteiger partial charge in [-0.25, -0.2) is 4.39 Å². The van der Waals surface area contributed by atoms with E-state index in [1.807, 2.05) is 13.8 Å². The van der Waals surface area contributed by atoms with Crippen LogP contribution in [0.1, 0.15) is 25.8 Å². The Morgan fingerprint density at radius 1 is 1.59 bits per heavy atom. The molecule has 0 N–H and O–H groups in total. The minimum Gasteiger partial charge on any atom is -0.259 e. The number of benzene rings is 1. The second-order valence-corrected chi connectivity index (χ2v) is 5.02. The van der Waals surface area contributed by atoms with Crippen LogP contribution in [0.5, 0.6) is 0 Å². The summed E-state index contributed by atoms with van der Waals surface area (Å²) in [5.41, 5.74) is 0.754. The van der Waals surface area contributed by atoms with Gasteiger partial charge in [0.05, 0.1) is 9.40 Å². The van der Waals surface area contributed by atoms with Gasteiger partial charge in [-0.3, -0.25) is 10.1 Å². The zero-order valence-corrected chi connectivity index (χ0v) is 11.2. The molecule has 0 saturated carbocycles. The second-order valence-electron chi connectivity index (χ2n) is 4.16. The van der Waals surface area contributed by atoms with Gasteiger partial charge in [0.1, 0.15) is 5.82 Å². The lowest BCUT2D eigenvalue weighted by molar-refractivity contribution is -0.427. The topological polar surface area (TPSA) is 43.1 Å². The maximum atomic E-state index is 13.0. The van der Waals surface area contributed by atoms with Crippen LogP contribution in [0.2, 0.25) is 0 Å². The smallest absolute Gasteiger partial charge is 0.247 e. The first-order valence-corrected chi connectivity index (χ1v) is 5.99. The molecule has 5 heteroatoms. The minimum absolute atomic E-state index is 0.138. The lowest BCUT2D eigenvalue weighted by atomic mass is 10.1. The van der Waals surface area contributed by atoms with Gasteiger partial charge in [0.2, 0.25) is 5.70 Å². The van der Waals surface area contributed by atoms with Crippen LogP contribution in [0.4, 0.5) is 4.39 Å². The van der Waals surface area contributed by atoms with Crippen LogP contribution >= 0.6 is 15.9 Å². The van der Waals surface area contributed by atoms with Crippen molar-refractivity contribution < 1.29 is 9.31 Å². The first-order chi connectivity index (χ1) is 7.90. The SMILES string of the molecule is CC(C)CC(=Cc1ccc(F)c(Br)c1)[N+](=O)[O-]. The fourth-order valence-corrected chi connectivity index (χ4v) is 1.80. The summed E-state index contributed by atoms with van der Waals surface area (Å²) >= 11 is 3.05. The van der Waals surface area contributed by atoms with Gasteiger partial charge in [-0.1, -0.05) is 19.9 Å². The van der Waals surface area contributed by atoms with Crippen LogP contribution < -0.4 is 0 Å². The van der Waals surface area contributed by atoms with Crippen LogP contribution in [0, 0.1) is 21.8 Å². The Bertz CT molecular complexity index is 458. The van der Waals surface area contributed by atoms with E-state index in [2.05, 4.69) is 15.9 Å². The van der Waals surface area contributed by atoms with Gasteiger partial charge in [-0.15, -0.1) is 0 Å². The molecule has 1 rings (SSSR count). The predicted octanol–water partition coefficient (Wildman–Crippen LogP) is 4.25. The Morgan fingerprint density at radius 3 is 2.71 bits per heavy atom. The highest BCUT2D eigenvalue weighted by Gasteiger charge is 2.13. The number of hydrogen-bond donors (Lipinski definition) is 0. The number of nitrogens with zero attached hydrogens (tertiary/aromatic N) is 1. The molecule has 0 radical (unpaired) electrons. The monoisotopic (exact) mass is 301 g/mol. The Kier molecular flexibility index (Phi) is 4.81. The first-order valence-electron chi connectivity index (χ1n) is 5.20. The number of rotatable bonds is 4. The largest absolute Gasteiger partial charge is 0.259 e. The molecule has 1 aromatic rings. The normalized spacial score (nSPS) is 11.9. The standard InChI is InChI=1S/C12H13BrFNO2/c1-8(2)5-10(15(16)17)6-9-3-4-12(14)11(13)7-9/h3-4,6-8H,5H2,1-2H3. The van der Waals surface area contributed by atoms with E-state index >= 15 is 0 Å². The first kappa shape index (κ1) is 13.8. The van der Waals surface area contributed by atoms with E-state index in [9.17, 15) is 14.5 Å². The third kappa shape index (κ3) is 4.26. The average Bonchev–Trinajstić information content (AvgIpc) is 2.21. The van der Waals surface area contributed by atoms with Gasteiger partial charge in [-0.2, -0.15) is 0 Å². The maximum Gasteiger partial charge on any atom is 0.247 e. The number of halogens is 2. The van der Waals surface area contributed by atoms with Crippen LogP contribution in [-0.2, 0) is 0 Å². The number of nitro groups is 1. The van der Waals surface area contributed by atoms with Crippen molar-refractivity contribution in [2.45, 2.75) is 20.3 Å². The van der Waals surface area contributed by atoms with Gasteiger partial charge < -0.3 is 0 Å². The Morgan fingerprint density at radius 2 is 2.24 bits per heavy atom. The third-order valence-corrected chi connectivity index (χ3v) is 2.74.